The summed E-state index contributed by atoms with van der Waals surface area (Å²) >= 11 is 0. The van der Waals surface area contributed by atoms with Crippen LogP contribution in [0.15, 0.2) is 47.4 Å². The van der Waals surface area contributed by atoms with Crippen LogP contribution >= 0.6 is 0 Å². The summed E-state index contributed by atoms with van der Waals surface area (Å²) in [7, 11) is 1.64. The van der Waals surface area contributed by atoms with Crippen molar-refractivity contribution in [2.24, 2.45) is 7.05 Å². The third-order valence-electron chi connectivity index (χ3n) is 6.03. The molecule has 1 amide bonds. The molecule has 2 aliphatic rings. The fourth-order valence-electron chi connectivity index (χ4n) is 4.30. The molecule has 1 aromatic carbocycles. The van der Waals surface area contributed by atoms with Crippen LogP contribution in [-0.2, 0) is 24.6 Å². The van der Waals surface area contributed by atoms with Gasteiger partial charge >= 0.3 is 6.09 Å². The van der Waals surface area contributed by atoms with Gasteiger partial charge in [-0.05, 0) is 42.1 Å². The van der Waals surface area contributed by atoms with Crippen LogP contribution in [0.5, 0.6) is 5.88 Å². The number of ether oxygens (including phenoxy) is 2. The summed E-state index contributed by atoms with van der Waals surface area (Å²) in [5.41, 5.74) is 2.42. The number of aromatic nitrogens is 3. The molecule has 5 rings (SSSR count). The van der Waals surface area contributed by atoms with E-state index in [0.29, 0.717) is 67.6 Å². The number of aryl methyl sites for hydroxylation is 1. The topological polar surface area (TPSA) is 98.6 Å². The zero-order chi connectivity index (χ0) is 23.8. The monoisotopic (exact) mass is 465 g/mol. The van der Waals surface area contributed by atoms with Crippen molar-refractivity contribution in [3.63, 3.8) is 0 Å². The Morgan fingerprint density at radius 3 is 2.94 bits per heavy atom. The van der Waals surface area contributed by atoms with Crippen LogP contribution in [0.2, 0.25) is 0 Å². The number of amides is 1. The first kappa shape index (κ1) is 22.0. The molecular formula is C24H24FN5O4. The molecule has 0 bridgehead atoms. The minimum absolute atomic E-state index is 0.188. The van der Waals surface area contributed by atoms with Gasteiger partial charge < -0.3 is 19.4 Å². The third kappa shape index (κ3) is 4.12. The number of benzene rings is 1. The Labute approximate surface area is 194 Å². The highest BCUT2D eigenvalue weighted by Gasteiger charge is 2.34. The van der Waals surface area contributed by atoms with E-state index in [9.17, 15) is 14.0 Å². The number of cyclic esters (lactones) is 1. The average Bonchev–Trinajstić information content (AvgIpc) is 3.20. The summed E-state index contributed by atoms with van der Waals surface area (Å²) in [4.78, 5) is 34.6. The van der Waals surface area contributed by atoms with Gasteiger partial charge in [0.25, 0.3) is 5.56 Å². The highest BCUT2D eigenvalue weighted by Crippen LogP contribution is 2.27. The van der Waals surface area contributed by atoms with Gasteiger partial charge in [-0.1, -0.05) is 6.58 Å². The molecule has 176 valence electrons. The molecule has 1 fully saturated rings. The van der Waals surface area contributed by atoms with E-state index in [1.807, 2.05) is 0 Å². The number of nitrogens with one attached hydrogen (secondary N) is 1. The maximum atomic E-state index is 14.5. The first-order valence-electron chi connectivity index (χ1n) is 11.0. The molecule has 2 aromatic heterocycles. The van der Waals surface area contributed by atoms with Gasteiger partial charge in [-0.3, -0.25) is 9.69 Å². The van der Waals surface area contributed by atoms with Gasteiger partial charge in [0.1, 0.15) is 24.2 Å². The second kappa shape index (κ2) is 8.86. The molecule has 3 aromatic rings. The molecular weight excluding hydrogens is 441 g/mol. The highest BCUT2D eigenvalue weighted by molar-refractivity contribution is 5.88. The van der Waals surface area contributed by atoms with Crippen molar-refractivity contribution >= 4 is 22.8 Å². The van der Waals surface area contributed by atoms with E-state index >= 15 is 0 Å². The number of hydrogen-bond donors (Lipinski definition) is 1. The predicted molar refractivity (Wildman–Crippen MR) is 124 cm³/mol. The van der Waals surface area contributed by atoms with E-state index in [1.165, 1.54) is 27.8 Å². The van der Waals surface area contributed by atoms with Crippen molar-refractivity contribution in [2.45, 2.75) is 18.9 Å². The maximum absolute atomic E-state index is 14.5. The summed E-state index contributed by atoms with van der Waals surface area (Å²) in [6.07, 6.45) is 1.55. The second-order valence-corrected chi connectivity index (χ2v) is 8.46. The summed E-state index contributed by atoms with van der Waals surface area (Å²) in [5.74, 6) is 0.509. The average molecular weight is 465 g/mol. The van der Waals surface area contributed by atoms with E-state index in [0.717, 1.165) is 11.0 Å². The lowest BCUT2D eigenvalue weighted by atomic mass is 10.1. The van der Waals surface area contributed by atoms with Crippen LogP contribution in [0.4, 0.5) is 15.0 Å². The Hall–Kier alpha value is -3.79. The Kier molecular flexibility index (Phi) is 5.74. The number of carbonyl (C=O) groups is 1. The molecule has 0 radical (unpaired) electrons. The molecule has 4 heterocycles. The number of pyridine rings is 1. The number of anilines is 1. The third-order valence-corrected chi connectivity index (χ3v) is 6.03. The minimum Gasteiger partial charge on any atom is -0.472 e. The molecule has 34 heavy (non-hydrogen) atoms. The Bertz CT molecular complexity index is 1360. The maximum Gasteiger partial charge on any atom is 0.416 e. The molecule has 9 nitrogen and oxygen atoms in total. The van der Waals surface area contributed by atoms with Crippen LogP contribution in [0.1, 0.15) is 11.3 Å². The molecule has 1 N–H and O–H groups in total. The fourth-order valence-corrected chi connectivity index (χ4v) is 4.30. The van der Waals surface area contributed by atoms with Crippen molar-refractivity contribution in [2.75, 3.05) is 31.1 Å². The van der Waals surface area contributed by atoms with Gasteiger partial charge in [-0.15, -0.1) is 0 Å². The van der Waals surface area contributed by atoms with Crippen LogP contribution in [0.3, 0.4) is 0 Å². The van der Waals surface area contributed by atoms with Crippen molar-refractivity contribution in [1.82, 2.24) is 19.9 Å². The smallest absolute Gasteiger partial charge is 0.416 e. The first-order chi connectivity index (χ1) is 16.4. The van der Waals surface area contributed by atoms with E-state index in [4.69, 9.17) is 9.47 Å². The molecule has 1 atom stereocenters. The van der Waals surface area contributed by atoms with Gasteiger partial charge in [0, 0.05) is 31.6 Å². The van der Waals surface area contributed by atoms with Gasteiger partial charge in [-0.2, -0.15) is 0 Å². The van der Waals surface area contributed by atoms with Gasteiger partial charge in [0.05, 0.1) is 18.3 Å². The zero-order valence-corrected chi connectivity index (χ0v) is 18.7. The van der Waals surface area contributed by atoms with Crippen LogP contribution in [0.25, 0.3) is 10.9 Å². The van der Waals surface area contributed by atoms with Crippen molar-refractivity contribution in [3.05, 3.63) is 70.0 Å². The molecule has 2 aliphatic heterocycles. The second-order valence-electron chi connectivity index (χ2n) is 8.46. The largest absolute Gasteiger partial charge is 0.472 e. The van der Waals surface area contributed by atoms with Crippen molar-refractivity contribution in [1.29, 1.82) is 0 Å². The molecule has 0 aliphatic carbocycles. The molecule has 1 saturated heterocycles. The lowest BCUT2D eigenvalue weighted by molar-refractivity contribution is 0.140. The summed E-state index contributed by atoms with van der Waals surface area (Å²) in [6, 6.07) is 6.25. The summed E-state index contributed by atoms with van der Waals surface area (Å²) in [6.45, 7) is 5.49. The standard InChI is InChI=1S/C24H24FN5O4/c1-14-9-19-23(33-13-14)27-11-20(28-19)30-12-16(34-24(30)32)10-26-8-7-17-18(25)5-3-15-4-6-21(31)29(2)22(15)17/h3-6,11,16,26H,1,7-10,12-13H2,2H3/t16-/m0/s1. The number of nitrogens with zero attached hydrogens (tertiary/aromatic N) is 4. The molecule has 0 spiro atoms. The molecule has 0 unspecified atom stereocenters. The Morgan fingerprint density at radius 1 is 1.26 bits per heavy atom. The fraction of sp³-hybridized carbons (Fsp3) is 0.333. The van der Waals surface area contributed by atoms with Gasteiger partial charge in [0.2, 0.25) is 5.88 Å². The number of rotatable bonds is 6. The van der Waals surface area contributed by atoms with Gasteiger partial charge in [0.15, 0.2) is 5.82 Å². The van der Waals surface area contributed by atoms with E-state index in [1.54, 1.807) is 19.2 Å². The first-order valence-corrected chi connectivity index (χ1v) is 11.0. The van der Waals surface area contributed by atoms with Crippen molar-refractivity contribution in [3.8, 4) is 5.88 Å². The lowest BCUT2D eigenvalue weighted by Gasteiger charge is -2.19. The number of carbonyl (C=O) groups excluding carboxylic acids is 1. The van der Waals surface area contributed by atoms with Crippen molar-refractivity contribution < 1.29 is 18.7 Å². The Morgan fingerprint density at radius 2 is 2.09 bits per heavy atom. The lowest BCUT2D eigenvalue weighted by Crippen LogP contribution is -2.32. The summed E-state index contributed by atoms with van der Waals surface area (Å²) in [5, 5.41) is 4.03. The van der Waals surface area contributed by atoms with Crippen LogP contribution in [-0.4, -0.2) is 53.0 Å². The van der Waals surface area contributed by atoms with E-state index < -0.39 is 12.2 Å². The van der Waals surface area contributed by atoms with E-state index in [2.05, 4.69) is 21.9 Å². The molecule has 0 saturated carbocycles. The molecule has 10 heteroatoms. The number of fused-ring (bicyclic) bond motifs is 2. The normalized spacial score (nSPS) is 17.6. The highest BCUT2D eigenvalue weighted by atomic mass is 19.1. The van der Waals surface area contributed by atoms with Crippen LogP contribution < -0.4 is 20.5 Å². The number of hydrogen-bond acceptors (Lipinski definition) is 7. The van der Waals surface area contributed by atoms with E-state index in [-0.39, 0.29) is 11.4 Å². The number of halogens is 1. The summed E-state index contributed by atoms with van der Waals surface area (Å²) < 4.78 is 27.0. The quantitative estimate of drug-likeness (QED) is 0.440. The minimum atomic E-state index is -0.494. The zero-order valence-electron chi connectivity index (χ0n) is 18.7. The Balaban J connectivity index is 1.21. The SMILES string of the molecule is C=C1COc2ncc(N3C[C@H](CNCCc4c(F)ccc5ccc(=O)n(C)c45)OC3=O)nc2C1. The van der Waals surface area contributed by atoms with Crippen LogP contribution in [0, 0.1) is 5.82 Å². The van der Waals surface area contributed by atoms with Gasteiger partial charge in [-0.25, -0.2) is 19.2 Å². The predicted octanol–water partition coefficient (Wildman–Crippen LogP) is 2.12.